The van der Waals surface area contributed by atoms with Crippen LogP contribution in [0.4, 0.5) is 0 Å². The Labute approximate surface area is 249 Å². The van der Waals surface area contributed by atoms with E-state index >= 15 is 0 Å². The predicted octanol–water partition coefficient (Wildman–Crippen LogP) is 11.7. The summed E-state index contributed by atoms with van der Waals surface area (Å²) in [5.41, 5.74) is 0. The van der Waals surface area contributed by atoms with Gasteiger partial charge in [0.15, 0.2) is 0 Å². The third-order valence-electron chi connectivity index (χ3n) is 7.11. The van der Waals surface area contributed by atoms with Gasteiger partial charge in [-0.15, -0.1) is 0 Å². The first-order chi connectivity index (χ1) is 19.7. The fourth-order valence-corrected chi connectivity index (χ4v) is 4.57. The van der Waals surface area contributed by atoms with E-state index in [4.69, 9.17) is 4.74 Å². The molecule has 0 aliphatic carbocycles. The summed E-state index contributed by atoms with van der Waals surface area (Å²) in [7, 11) is 0. The summed E-state index contributed by atoms with van der Waals surface area (Å²) in [5, 5.41) is 0. The zero-order valence-corrected chi connectivity index (χ0v) is 26.5. The van der Waals surface area contributed by atoms with Crippen LogP contribution in [0.2, 0.25) is 0 Å². The Hall–Kier alpha value is -1.90. The maximum atomic E-state index is 12.1. The van der Waals surface area contributed by atoms with E-state index in [0.717, 1.165) is 44.9 Å². The Morgan fingerprint density at radius 3 is 1.43 bits per heavy atom. The molecule has 0 heterocycles. The number of rotatable bonds is 30. The molecule has 3 heteroatoms. The molecule has 0 fully saturated rings. The minimum Gasteiger partial charge on any atom is -0.466 e. The van der Waals surface area contributed by atoms with Crippen molar-refractivity contribution in [2.45, 2.75) is 168 Å². The van der Waals surface area contributed by atoms with Crippen LogP contribution < -0.4 is 0 Å². The van der Waals surface area contributed by atoms with Crippen LogP contribution in [0.3, 0.4) is 0 Å². The van der Waals surface area contributed by atoms with Crippen molar-refractivity contribution in [3.05, 3.63) is 48.6 Å². The van der Waals surface area contributed by atoms with Gasteiger partial charge in [-0.25, -0.2) is 0 Å². The summed E-state index contributed by atoms with van der Waals surface area (Å²) in [6, 6.07) is 0. The van der Waals surface area contributed by atoms with Gasteiger partial charge in [0.25, 0.3) is 0 Å². The van der Waals surface area contributed by atoms with Gasteiger partial charge in [0, 0.05) is 19.3 Å². The van der Waals surface area contributed by atoms with Crippen molar-refractivity contribution in [3.8, 4) is 0 Å². The van der Waals surface area contributed by atoms with Crippen molar-refractivity contribution >= 4 is 11.8 Å². The Balaban J connectivity index is 3.43. The summed E-state index contributed by atoms with van der Waals surface area (Å²) in [6.45, 7) is 4.84. The highest BCUT2D eigenvalue weighted by Gasteiger charge is 2.05. The molecular weight excluding hydrogens is 492 g/mol. The number of ether oxygens (including phenoxy) is 1. The number of unbranched alkanes of at least 4 members (excludes halogenated alkanes) is 14. The predicted molar refractivity (Wildman–Crippen MR) is 175 cm³/mol. The van der Waals surface area contributed by atoms with Gasteiger partial charge in [0.1, 0.15) is 5.78 Å². The number of carbonyl (C=O) groups is 2. The Morgan fingerprint density at radius 1 is 0.450 bits per heavy atom. The molecule has 0 aliphatic heterocycles. The van der Waals surface area contributed by atoms with Crippen molar-refractivity contribution in [1.82, 2.24) is 0 Å². The van der Waals surface area contributed by atoms with Crippen molar-refractivity contribution in [2.75, 3.05) is 6.61 Å². The molecule has 0 spiro atoms. The lowest BCUT2D eigenvalue weighted by atomic mass is 10.0. The van der Waals surface area contributed by atoms with Crippen LogP contribution in [0.15, 0.2) is 48.6 Å². The number of allylic oxidation sites excluding steroid dienone is 8. The van der Waals surface area contributed by atoms with E-state index in [1.807, 2.05) is 0 Å². The largest absolute Gasteiger partial charge is 0.466 e. The van der Waals surface area contributed by atoms with Gasteiger partial charge >= 0.3 is 5.97 Å². The molecule has 0 bridgehead atoms. The molecule has 0 aromatic rings. The standard InChI is InChI=1S/C37H64O3/c1-3-5-7-9-11-13-15-17-18-20-22-24-26-28-30-34-37(39)40-35-31-33-36(38)32-29-27-25-23-21-19-16-14-12-10-8-6-4-2/h7,9,13,15,18,20,24,26H,3-6,8,10-12,14,16-17,19,21-23,25,27-35H2,1-2H3/b9-7+,15-13+,20-18+,26-24+. The molecule has 0 amide bonds. The van der Waals surface area contributed by atoms with Gasteiger partial charge in [-0.2, -0.15) is 0 Å². The summed E-state index contributed by atoms with van der Waals surface area (Å²) >= 11 is 0. The second kappa shape index (κ2) is 33.3. The molecule has 0 saturated heterocycles. The van der Waals surface area contributed by atoms with Crippen LogP contribution >= 0.6 is 0 Å². The topological polar surface area (TPSA) is 43.4 Å². The summed E-state index contributed by atoms with van der Waals surface area (Å²) in [5.74, 6) is 0.169. The minimum atomic E-state index is -0.145. The molecule has 3 nitrogen and oxygen atoms in total. The first kappa shape index (κ1) is 38.1. The molecule has 0 unspecified atom stereocenters. The van der Waals surface area contributed by atoms with Crippen LogP contribution in [0.1, 0.15) is 168 Å². The fraction of sp³-hybridized carbons (Fsp3) is 0.730. The Bertz CT molecular complexity index is 671. The second-order valence-electron chi connectivity index (χ2n) is 11.1. The quantitative estimate of drug-likeness (QED) is 0.0502. The third kappa shape index (κ3) is 32.3. The fourth-order valence-electron chi connectivity index (χ4n) is 4.57. The van der Waals surface area contributed by atoms with Crippen LogP contribution in [-0.2, 0) is 14.3 Å². The van der Waals surface area contributed by atoms with Crippen LogP contribution in [-0.4, -0.2) is 18.4 Å². The van der Waals surface area contributed by atoms with Gasteiger partial charge in [-0.1, -0.05) is 146 Å². The van der Waals surface area contributed by atoms with Crippen LogP contribution in [0.25, 0.3) is 0 Å². The molecule has 0 radical (unpaired) electrons. The van der Waals surface area contributed by atoms with Gasteiger partial charge in [-0.05, 0) is 51.4 Å². The lowest BCUT2D eigenvalue weighted by molar-refractivity contribution is -0.144. The van der Waals surface area contributed by atoms with Crippen molar-refractivity contribution in [3.63, 3.8) is 0 Å². The van der Waals surface area contributed by atoms with E-state index in [9.17, 15) is 9.59 Å². The number of hydrogen-bond donors (Lipinski definition) is 0. The molecule has 0 N–H and O–H groups in total. The average Bonchev–Trinajstić information content (AvgIpc) is 2.95. The smallest absolute Gasteiger partial charge is 0.305 e. The van der Waals surface area contributed by atoms with Crippen molar-refractivity contribution in [1.29, 1.82) is 0 Å². The van der Waals surface area contributed by atoms with Crippen molar-refractivity contribution in [2.24, 2.45) is 0 Å². The van der Waals surface area contributed by atoms with Crippen LogP contribution in [0, 0.1) is 0 Å². The van der Waals surface area contributed by atoms with E-state index in [-0.39, 0.29) is 5.97 Å². The molecule has 0 aromatic carbocycles. The van der Waals surface area contributed by atoms with Crippen LogP contribution in [0.5, 0.6) is 0 Å². The maximum Gasteiger partial charge on any atom is 0.305 e. The van der Waals surface area contributed by atoms with Gasteiger partial charge in [-0.3, -0.25) is 9.59 Å². The van der Waals surface area contributed by atoms with Gasteiger partial charge in [0.05, 0.1) is 6.61 Å². The molecule has 230 valence electrons. The highest BCUT2D eigenvalue weighted by Crippen LogP contribution is 2.13. The zero-order chi connectivity index (χ0) is 29.2. The average molecular weight is 557 g/mol. The van der Waals surface area contributed by atoms with E-state index in [1.165, 1.54) is 83.5 Å². The van der Waals surface area contributed by atoms with Crippen molar-refractivity contribution < 1.29 is 14.3 Å². The number of carbonyl (C=O) groups excluding carboxylic acids is 2. The van der Waals surface area contributed by atoms with E-state index in [1.54, 1.807) is 0 Å². The minimum absolute atomic E-state index is 0.145. The van der Waals surface area contributed by atoms with E-state index in [2.05, 4.69) is 62.5 Å². The monoisotopic (exact) mass is 556 g/mol. The Kier molecular flexibility index (Phi) is 31.7. The highest BCUT2D eigenvalue weighted by atomic mass is 16.5. The highest BCUT2D eigenvalue weighted by molar-refractivity contribution is 5.78. The lowest BCUT2D eigenvalue weighted by Crippen LogP contribution is -2.07. The summed E-state index contributed by atoms with van der Waals surface area (Å²) < 4.78 is 5.30. The molecular formula is C37H64O3. The second-order valence-corrected chi connectivity index (χ2v) is 11.1. The molecule has 0 atom stereocenters. The zero-order valence-electron chi connectivity index (χ0n) is 26.5. The Morgan fingerprint density at radius 2 is 0.900 bits per heavy atom. The summed E-state index contributed by atoms with van der Waals surface area (Å²) in [6.07, 6.45) is 44.1. The molecule has 0 aliphatic rings. The van der Waals surface area contributed by atoms with Gasteiger partial charge in [0.2, 0.25) is 0 Å². The van der Waals surface area contributed by atoms with Gasteiger partial charge < -0.3 is 4.74 Å². The summed E-state index contributed by atoms with van der Waals surface area (Å²) in [4.78, 5) is 23.9. The molecule has 0 aromatic heterocycles. The third-order valence-corrected chi connectivity index (χ3v) is 7.11. The number of Topliss-reactive ketones (excluding diaryl/α,β-unsaturated/α-hetero) is 1. The first-order valence-electron chi connectivity index (χ1n) is 17.0. The molecule has 0 saturated carbocycles. The molecule has 40 heavy (non-hydrogen) atoms. The van der Waals surface area contributed by atoms with E-state index < -0.39 is 0 Å². The first-order valence-corrected chi connectivity index (χ1v) is 17.0. The maximum absolute atomic E-state index is 12.1. The number of ketones is 1. The van der Waals surface area contributed by atoms with E-state index in [0.29, 0.717) is 38.1 Å². The molecule has 0 rings (SSSR count). The number of esters is 1. The number of hydrogen-bond acceptors (Lipinski definition) is 3. The lowest BCUT2D eigenvalue weighted by Gasteiger charge is -2.05. The SMILES string of the molecule is CCC/C=C/C/C=C/C/C=C/C/C=C/CCCC(=O)OCCCC(=O)CCCCCCCCCCCCCCC. The normalized spacial score (nSPS) is 12.1.